The molecular formula is C11H19N3O. The number of aliphatic hydroxyl groups is 1. The van der Waals surface area contributed by atoms with Crippen LogP contribution in [0.25, 0.3) is 0 Å². The Balaban J connectivity index is 2.64. The Labute approximate surface area is 90.5 Å². The molecule has 0 fully saturated rings. The van der Waals surface area contributed by atoms with Crippen LogP contribution in [0.4, 0.5) is 11.5 Å². The molecule has 0 radical (unpaired) electrons. The number of nitrogens with one attached hydrogen (secondary N) is 1. The quantitative estimate of drug-likeness (QED) is 0.703. The molecule has 0 spiro atoms. The molecule has 0 saturated heterocycles. The van der Waals surface area contributed by atoms with Crippen LogP contribution in [0.15, 0.2) is 12.3 Å². The fourth-order valence-corrected chi connectivity index (χ4v) is 1.52. The molecule has 4 heteroatoms. The average molecular weight is 209 g/mol. The Kier molecular flexibility index (Phi) is 3.91. The largest absolute Gasteiger partial charge is 0.396 e. The molecule has 1 aromatic heterocycles. The summed E-state index contributed by atoms with van der Waals surface area (Å²) in [5.41, 5.74) is 7.50. The van der Waals surface area contributed by atoms with E-state index < -0.39 is 0 Å². The molecule has 4 N–H and O–H groups in total. The van der Waals surface area contributed by atoms with Crippen molar-refractivity contribution in [2.45, 2.75) is 39.3 Å². The highest BCUT2D eigenvalue weighted by molar-refractivity contribution is 5.61. The number of pyridine rings is 1. The third-order valence-corrected chi connectivity index (χ3v) is 2.13. The van der Waals surface area contributed by atoms with Crippen molar-refractivity contribution in [3.05, 3.63) is 17.8 Å². The molecule has 0 aliphatic rings. The molecule has 2 atom stereocenters. The van der Waals surface area contributed by atoms with Crippen molar-refractivity contribution in [2.75, 3.05) is 11.1 Å². The Morgan fingerprint density at radius 3 is 2.73 bits per heavy atom. The fourth-order valence-electron chi connectivity index (χ4n) is 1.52. The van der Waals surface area contributed by atoms with Gasteiger partial charge in [0.1, 0.15) is 5.82 Å². The Morgan fingerprint density at radius 2 is 2.20 bits per heavy atom. The van der Waals surface area contributed by atoms with Crippen LogP contribution < -0.4 is 11.1 Å². The lowest BCUT2D eigenvalue weighted by molar-refractivity contribution is 0.179. The van der Waals surface area contributed by atoms with Crippen molar-refractivity contribution in [1.29, 1.82) is 0 Å². The van der Waals surface area contributed by atoms with Crippen LogP contribution in [0.3, 0.4) is 0 Å². The predicted molar refractivity (Wildman–Crippen MR) is 62.8 cm³/mol. The van der Waals surface area contributed by atoms with E-state index in [4.69, 9.17) is 5.73 Å². The molecule has 84 valence electrons. The highest BCUT2D eigenvalue weighted by atomic mass is 16.3. The molecule has 0 amide bonds. The highest BCUT2D eigenvalue weighted by Gasteiger charge is 2.08. The van der Waals surface area contributed by atoms with Crippen LogP contribution >= 0.6 is 0 Å². The van der Waals surface area contributed by atoms with E-state index in [9.17, 15) is 5.11 Å². The number of nitrogens with two attached hydrogens (primary N) is 1. The standard InChI is InChI=1S/C11H19N3O/c1-7-4-10(12)11(13-6-7)14-8(2)5-9(3)15/h4,6,8-9,15H,5,12H2,1-3H3,(H,13,14). The summed E-state index contributed by atoms with van der Waals surface area (Å²) in [4.78, 5) is 4.21. The number of aryl methyl sites for hydroxylation is 1. The number of anilines is 2. The van der Waals surface area contributed by atoms with E-state index in [1.807, 2.05) is 19.9 Å². The zero-order chi connectivity index (χ0) is 11.4. The second-order valence-corrected chi connectivity index (χ2v) is 4.08. The van der Waals surface area contributed by atoms with Crippen molar-refractivity contribution in [3.63, 3.8) is 0 Å². The van der Waals surface area contributed by atoms with E-state index in [-0.39, 0.29) is 12.1 Å². The van der Waals surface area contributed by atoms with Crippen molar-refractivity contribution in [1.82, 2.24) is 4.98 Å². The lowest BCUT2D eigenvalue weighted by Crippen LogP contribution is -2.21. The molecule has 1 heterocycles. The molecular weight excluding hydrogens is 190 g/mol. The number of aromatic nitrogens is 1. The van der Waals surface area contributed by atoms with E-state index in [0.717, 1.165) is 5.56 Å². The predicted octanol–water partition coefficient (Wildman–Crippen LogP) is 1.54. The first-order chi connectivity index (χ1) is 6.99. The van der Waals surface area contributed by atoms with E-state index in [1.54, 1.807) is 13.1 Å². The molecule has 0 aliphatic carbocycles. The molecule has 0 bridgehead atoms. The van der Waals surface area contributed by atoms with Crippen molar-refractivity contribution >= 4 is 11.5 Å². The van der Waals surface area contributed by atoms with Crippen molar-refractivity contribution in [2.24, 2.45) is 0 Å². The Hall–Kier alpha value is -1.29. The Bertz CT molecular complexity index is 326. The maximum atomic E-state index is 9.22. The van der Waals surface area contributed by atoms with E-state index >= 15 is 0 Å². The third kappa shape index (κ3) is 3.75. The monoisotopic (exact) mass is 209 g/mol. The topological polar surface area (TPSA) is 71.2 Å². The Morgan fingerprint density at radius 1 is 1.53 bits per heavy atom. The minimum atomic E-state index is -0.320. The summed E-state index contributed by atoms with van der Waals surface area (Å²) >= 11 is 0. The van der Waals surface area contributed by atoms with Crippen LogP contribution in [0.5, 0.6) is 0 Å². The molecule has 15 heavy (non-hydrogen) atoms. The lowest BCUT2D eigenvalue weighted by Gasteiger charge is -2.17. The SMILES string of the molecule is Cc1cnc(NC(C)CC(C)O)c(N)c1. The van der Waals surface area contributed by atoms with Crippen LogP contribution in [-0.4, -0.2) is 22.2 Å². The number of nitrogens with zero attached hydrogens (tertiary/aromatic N) is 1. The molecule has 1 rings (SSSR count). The van der Waals surface area contributed by atoms with E-state index in [0.29, 0.717) is 17.9 Å². The summed E-state index contributed by atoms with van der Waals surface area (Å²) in [5, 5.41) is 12.4. The summed E-state index contributed by atoms with van der Waals surface area (Å²) in [6.07, 6.45) is 2.13. The zero-order valence-electron chi connectivity index (χ0n) is 9.49. The molecule has 0 aromatic carbocycles. The molecule has 0 saturated carbocycles. The second-order valence-electron chi connectivity index (χ2n) is 4.08. The maximum absolute atomic E-state index is 9.22. The molecule has 2 unspecified atom stereocenters. The van der Waals surface area contributed by atoms with Gasteiger partial charge in [-0.25, -0.2) is 4.98 Å². The number of hydrogen-bond acceptors (Lipinski definition) is 4. The van der Waals surface area contributed by atoms with Crippen LogP contribution in [0.2, 0.25) is 0 Å². The lowest BCUT2D eigenvalue weighted by atomic mass is 10.1. The van der Waals surface area contributed by atoms with Gasteiger partial charge >= 0.3 is 0 Å². The van der Waals surface area contributed by atoms with Gasteiger partial charge in [-0.1, -0.05) is 0 Å². The van der Waals surface area contributed by atoms with Gasteiger partial charge in [-0.2, -0.15) is 0 Å². The summed E-state index contributed by atoms with van der Waals surface area (Å²) in [7, 11) is 0. The van der Waals surface area contributed by atoms with Gasteiger partial charge in [-0.05, 0) is 38.8 Å². The van der Waals surface area contributed by atoms with Gasteiger partial charge in [0, 0.05) is 12.2 Å². The van der Waals surface area contributed by atoms with E-state index in [1.165, 1.54) is 0 Å². The first kappa shape index (κ1) is 11.8. The summed E-state index contributed by atoms with van der Waals surface area (Å²) in [6.45, 7) is 5.71. The van der Waals surface area contributed by atoms with Gasteiger partial charge in [0.05, 0.1) is 11.8 Å². The summed E-state index contributed by atoms with van der Waals surface area (Å²) in [5.74, 6) is 0.689. The van der Waals surface area contributed by atoms with Crippen LogP contribution in [0, 0.1) is 6.92 Å². The smallest absolute Gasteiger partial charge is 0.149 e. The average Bonchev–Trinajstić information content (AvgIpc) is 2.08. The van der Waals surface area contributed by atoms with Crippen LogP contribution in [0.1, 0.15) is 25.8 Å². The van der Waals surface area contributed by atoms with Crippen molar-refractivity contribution in [3.8, 4) is 0 Å². The molecule has 0 aliphatic heterocycles. The number of hydrogen-bond donors (Lipinski definition) is 3. The van der Waals surface area contributed by atoms with Crippen LogP contribution in [-0.2, 0) is 0 Å². The minimum absolute atomic E-state index is 0.155. The second kappa shape index (κ2) is 4.98. The number of aliphatic hydroxyl groups excluding tert-OH is 1. The number of nitrogen functional groups attached to an aromatic ring is 1. The summed E-state index contributed by atoms with van der Waals surface area (Å²) < 4.78 is 0. The molecule has 4 nitrogen and oxygen atoms in total. The fraction of sp³-hybridized carbons (Fsp3) is 0.545. The maximum Gasteiger partial charge on any atom is 0.149 e. The number of rotatable bonds is 4. The van der Waals surface area contributed by atoms with Gasteiger partial charge in [0.25, 0.3) is 0 Å². The first-order valence-corrected chi connectivity index (χ1v) is 5.15. The van der Waals surface area contributed by atoms with Gasteiger partial charge < -0.3 is 16.2 Å². The zero-order valence-corrected chi connectivity index (χ0v) is 9.49. The normalized spacial score (nSPS) is 14.7. The summed E-state index contributed by atoms with van der Waals surface area (Å²) in [6, 6.07) is 2.03. The third-order valence-electron chi connectivity index (χ3n) is 2.13. The van der Waals surface area contributed by atoms with Gasteiger partial charge in [-0.15, -0.1) is 0 Å². The first-order valence-electron chi connectivity index (χ1n) is 5.15. The van der Waals surface area contributed by atoms with Gasteiger partial charge in [0.2, 0.25) is 0 Å². The highest BCUT2D eigenvalue weighted by Crippen LogP contribution is 2.17. The van der Waals surface area contributed by atoms with Gasteiger partial charge in [-0.3, -0.25) is 0 Å². The van der Waals surface area contributed by atoms with E-state index in [2.05, 4.69) is 10.3 Å². The van der Waals surface area contributed by atoms with Gasteiger partial charge in [0.15, 0.2) is 0 Å². The molecule has 1 aromatic rings. The minimum Gasteiger partial charge on any atom is -0.396 e. The van der Waals surface area contributed by atoms with Crippen molar-refractivity contribution < 1.29 is 5.11 Å².